The summed E-state index contributed by atoms with van der Waals surface area (Å²) in [4.78, 5) is 23.7. The summed E-state index contributed by atoms with van der Waals surface area (Å²) in [5, 5.41) is 11.8. The fourth-order valence-corrected chi connectivity index (χ4v) is 3.22. The lowest BCUT2D eigenvalue weighted by atomic mass is 10.1. The van der Waals surface area contributed by atoms with Crippen molar-refractivity contribution in [1.29, 1.82) is 0 Å². The number of carbonyl (C=O) groups is 2. The van der Waals surface area contributed by atoms with Gasteiger partial charge in [-0.1, -0.05) is 36.4 Å². The molecular formula is C20H20N2O2S. The number of fused-ring (bicyclic) bond motifs is 1. The highest BCUT2D eigenvalue weighted by Crippen LogP contribution is 2.15. The number of amides is 2. The van der Waals surface area contributed by atoms with E-state index in [0.29, 0.717) is 31.5 Å². The normalized spacial score (nSPS) is 10.6. The molecule has 4 nitrogen and oxygen atoms in total. The van der Waals surface area contributed by atoms with Crippen LogP contribution in [0.4, 0.5) is 0 Å². The fourth-order valence-electron chi connectivity index (χ4n) is 2.58. The van der Waals surface area contributed by atoms with Crippen molar-refractivity contribution in [2.24, 2.45) is 0 Å². The Labute approximate surface area is 150 Å². The van der Waals surface area contributed by atoms with E-state index in [0.717, 1.165) is 5.56 Å². The van der Waals surface area contributed by atoms with E-state index in [9.17, 15) is 9.59 Å². The molecule has 0 saturated heterocycles. The first-order valence-electron chi connectivity index (χ1n) is 8.27. The lowest BCUT2D eigenvalue weighted by molar-refractivity contribution is -0.121. The van der Waals surface area contributed by atoms with Gasteiger partial charge >= 0.3 is 0 Å². The van der Waals surface area contributed by atoms with Crippen molar-refractivity contribution in [2.75, 3.05) is 6.54 Å². The zero-order chi connectivity index (χ0) is 17.5. The molecular weight excluding hydrogens is 332 g/mol. The van der Waals surface area contributed by atoms with Crippen LogP contribution in [0.15, 0.2) is 59.3 Å². The Hall–Kier alpha value is -2.66. The molecule has 0 fully saturated rings. The lowest BCUT2D eigenvalue weighted by Gasteiger charge is -2.07. The Kier molecular flexibility index (Phi) is 5.80. The minimum absolute atomic E-state index is 0.00191. The van der Waals surface area contributed by atoms with E-state index >= 15 is 0 Å². The average molecular weight is 352 g/mol. The minimum Gasteiger partial charge on any atom is -0.352 e. The quantitative estimate of drug-likeness (QED) is 0.637. The number of hydrogen-bond donors (Lipinski definition) is 2. The van der Waals surface area contributed by atoms with E-state index in [4.69, 9.17) is 0 Å². The molecule has 25 heavy (non-hydrogen) atoms. The second-order valence-corrected chi connectivity index (χ2v) is 6.61. The largest absolute Gasteiger partial charge is 0.352 e. The maximum Gasteiger partial charge on any atom is 0.252 e. The third kappa shape index (κ3) is 4.90. The molecule has 0 aliphatic carbocycles. The number of thiophene rings is 1. The van der Waals surface area contributed by atoms with Crippen LogP contribution in [-0.2, 0) is 11.3 Å². The summed E-state index contributed by atoms with van der Waals surface area (Å²) in [6.07, 6.45) is 1.02. The second kappa shape index (κ2) is 8.44. The highest BCUT2D eigenvalue weighted by Gasteiger charge is 2.06. The van der Waals surface area contributed by atoms with Crippen LogP contribution in [0.2, 0.25) is 0 Å². The monoisotopic (exact) mass is 352 g/mol. The maximum atomic E-state index is 11.9. The molecule has 1 heterocycles. The molecule has 0 atom stereocenters. The molecule has 2 aromatic carbocycles. The van der Waals surface area contributed by atoms with Crippen LogP contribution >= 0.6 is 11.3 Å². The molecule has 0 aliphatic rings. The van der Waals surface area contributed by atoms with E-state index in [1.165, 1.54) is 22.1 Å². The van der Waals surface area contributed by atoms with Crippen LogP contribution < -0.4 is 10.6 Å². The molecule has 2 N–H and O–H groups in total. The summed E-state index contributed by atoms with van der Waals surface area (Å²) < 4.78 is 0. The van der Waals surface area contributed by atoms with Gasteiger partial charge in [-0.3, -0.25) is 9.59 Å². The molecule has 0 radical (unpaired) electrons. The van der Waals surface area contributed by atoms with Gasteiger partial charge in [-0.15, -0.1) is 0 Å². The SMILES string of the molecule is O=C(CCCNC(=O)c1ccsc1)NCc1ccc2ccccc2c1. The molecule has 0 bridgehead atoms. The summed E-state index contributed by atoms with van der Waals surface area (Å²) in [6.45, 7) is 1.02. The molecule has 3 aromatic rings. The van der Waals surface area contributed by atoms with Crippen LogP contribution in [0.5, 0.6) is 0 Å². The standard InChI is InChI=1S/C20H20N2O2S/c23-19(6-3-10-21-20(24)18-9-11-25-14-18)22-13-15-7-8-16-4-1-2-5-17(16)12-15/h1-2,4-5,7-9,11-12,14H,3,6,10,13H2,(H,21,24)(H,22,23). The van der Waals surface area contributed by atoms with Crippen LogP contribution in [0.3, 0.4) is 0 Å². The Morgan fingerprint density at radius 3 is 2.60 bits per heavy atom. The van der Waals surface area contributed by atoms with Gasteiger partial charge in [-0.2, -0.15) is 11.3 Å². The topological polar surface area (TPSA) is 58.2 Å². The Balaban J connectivity index is 1.38. The Bertz CT molecular complexity index is 859. The van der Waals surface area contributed by atoms with Crippen LogP contribution in [0, 0.1) is 0 Å². The molecule has 0 saturated carbocycles. The molecule has 0 spiro atoms. The molecule has 3 rings (SSSR count). The summed E-state index contributed by atoms with van der Waals surface area (Å²) in [5.41, 5.74) is 1.75. The zero-order valence-corrected chi connectivity index (χ0v) is 14.6. The van der Waals surface area contributed by atoms with Gasteiger partial charge < -0.3 is 10.6 Å². The summed E-state index contributed by atoms with van der Waals surface area (Å²) in [7, 11) is 0. The Morgan fingerprint density at radius 1 is 0.960 bits per heavy atom. The highest BCUT2D eigenvalue weighted by atomic mass is 32.1. The van der Waals surface area contributed by atoms with Crippen molar-refractivity contribution < 1.29 is 9.59 Å². The van der Waals surface area contributed by atoms with Gasteiger partial charge in [-0.25, -0.2) is 0 Å². The van der Waals surface area contributed by atoms with Crippen molar-refractivity contribution in [1.82, 2.24) is 10.6 Å². The smallest absolute Gasteiger partial charge is 0.252 e. The number of carbonyl (C=O) groups excluding carboxylic acids is 2. The first kappa shape index (κ1) is 17.2. The number of hydrogen-bond acceptors (Lipinski definition) is 3. The van der Waals surface area contributed by atoms with Gasteiger partial charge in [0.1, 0.15) is 0 Å². The van der Waals surface area contributed by atoms with E-state index in [2.05, 4.69) is 34.9 Å². The number of rotatable bonds is 7. The minimum atomic E-state index is -0.0854. The van der Waals surface area contributed by atoms with Crippen molar-refractivity contribution in [3.63, 3.8) is 0 Å². The van der Waals surface area contributed by atoms with Crippen LogP contribution in [-0.4, -0.2) is 18.4 Å². The van der Waals surface area contributed by atoms with Gasteiger partial charge in [0.25, 0.3) is 5.91 Å². The lowest BCUT2D eigenvalue weighted by Crippen LogP contribution is -2.27. The molecule has 128 valence electrons. The van der Waals surface area contributed by atoms with Crippen molar-refractivity contribution in [3.8, 4) is 0 Å². The summed E-state index contributed by atoms with van der Waals surface area (Å²) >= 11 is 1.49. The zero-order valence-electron chi connectivity index (χ0n) is 13.8. The predicted octanol–water partition coefficient (Wildman–Crippen LogP) is 3.73. The molecule has 1 aromatic heterocycles. The summed E-state index contributed by atoms with van der Waals surface area (Å²) in [5.74, 6) is -0.0873. The molecule has 5 heteroatoms. The summed E-state index contributed by atoms with van der Waals surface area (Å²) in [6, 6.07) is 16.1. The van der Waals surface area contributed by atoms with Gasteiger partial charge in [0.05, 0.1) is 0 Å². The molecule has 0 unspecified atom stereocenters. The van der Waals surface area contributed by atoms with Crippen molar-refractivity contribution in [2.45, 2.75) is 19.4 Å². The Morgan fingerprint density at radius 2 is 1.80 bits per heavy atom. The van der Waals surface area contributed by atoms with Crippen LogP contribution in [0.25, 0.3) is 10.8 Å². The maximum absolute atomic E-state index is 11.9. The van der Waals surface area contributed by atoms with Gasteiger partial charge in [0, 0.05) is 30.5 Å². The van der Waals surface area contributed by atoms with E-state index in [1.54, 1.807) is 6.07 Å². The number of nitrogens with one attached hydrogen (secondary N) is 2. The van der Waals surface area contributed by atoms with Gasteiger partial charge in [0.15, 0.2) is 0 Å². The second-order valence-electron chi connectivity index (χ2n) is 5.83. The third-order valence-corrected chi connectivity index (χ3v) is 4.64. The first-order chi connectivity index (χ1) is 12.2. The third-order valence-electron chi connectivity index (χ3n) is 3.95. The molecule has 2 amide bonds. The van der Waals surface area contributed by atoms with Crippen molar-refractivity contribution >= 4 is 33.9 Å². The van der Waals surface area contributed by atoms with Gasteiger partial charge in [0.2, 0.25) is 5.91 Å². The fraction of sp³-hybridized carbons (Fsp3) is 0.200. The first-order valence-corrected chi connectivity index (χ1v) is 9.21. The van der Waals surface area contributed by atoms with E-state index in [1.807, 2.05) is 29.0 Å². The van der Waals surface area contributed by atoms with Gasteiger partial charge in [-0.05, 0) is 40.3 Å². The van der Waals surface area contributed by atoms with Crippen molar-refractivity contribution in [3.05, 3.63) is 70.4 Å². The highest BCUT2D eigenvalue weighted by molar-refractivity contribution is 7.08. The number of benzene rings is 2. The average Bonchev–Trinajstić information content (AvgIpc) is 3.18. The predicted molar refractivity (Wildman–Crippen MR) is 102 cm³/mol. The van der Waals surface area contributed by atoms with E-state index < -0.39 is 0 Å². The molecule has 0 aliphatic heterocycles. The van der Waals surface area contributed by atoms with Crippen LogP contribution in [0.1, 0.15) is 28.8 Å². The van der Waals surface area contributed by atoms with E-state index in [-0.39, 0.29) is 11.8 Å².